The van der Waals surface area contributed by atoms with Gasteiger partial charge in [-0.05, 0) is 29.8 Å². The number of hydrogen-bond acceptors (Lipinski definition) is 5. The number of hydrogen-bond donors (Lipinski definition) is 1. The molecule has 1 amide bonds. The van der Waals surface area contributed by atoms with E-state index >= 15 is 0 Å². The number of benzene rings is 1. The highest BCUT2D eigenvalue weighted by Gasteiger charge is 2.19. The van der Waals surface area contributed by atoms with Crippen molar-refractivity contribution < 1.29 is 13.9 Å². The number of ether oxygens (including phenoxy) is 1. The van der Waals surface area contributed by atoms with Crippen LogP contribution in [0.25, 0.3) is 16.7 Å². The highest BCUT2D eigenvalue weighted by Crippen LogP contribution is 2.26. The number of primary amides is 1. The molecule has 0 aliphatic rings. The predicted molar refractivity (Wildman–Crippen MR) is 76.7 cm³/mol. The molecule has 2 heterocycles. The van der Waals surface area contributed by atoms with Crippen LogP contribution in [-0.4, -0.2) is 32.8 Å². The predicted octanol–water partition coefficient (Wildman–Crippen LogP) is 1.72. The van der Waals surface area contributed by atoms with Crippen molar-refractivity contribution in [3.05, 3.63) is 41.2 Å². The van der Waals surface area contributed by atoms with Crippen LogP contribution in [0.15, 0.2) is 24.4 Å². The molecule has 0 atom stereocenters. The summed E-state index contributed by atoms with van der Waals surface area (Å²) in [5.74, 6) is -1.16. The average molecular weight is 322 g/mol. The van der Waals surface area contributed by atoms with Gasteiger partial charge in [0.05, 0.1) is 18.8 Å². The first kappa shape index (κ1) is 14.2. The Morgan fingerprint density at radius 1 is 1.45 bits per heavy atom. The monoisotopic (exact) mass is 321 g/mol. The van der Waals surface area contributed by atoms with E-state index in [4.69, 9.17) is 22.1 Å². The van der Waals surface area contributed by atoms with Crippen molar-refractivity contribution in [3.63, 3.8) is 0 Å². The van der Waals surface area contributed by atoms with Gasteiger partial charge in [-0.2, -0.15) is 10.1 Å². The second-order valence-corrected chi connectivity index (χ2v) is 4.66. The molecule has 0 aliphatic carbocycles. The largest absolute Gasteiger partial charge is 0.497 e. The third kappa shape index (κ3) is 2.23. The summed E-state index contributed by atoms with van der Waals surface area (Å²) in [5, 5.41) is 4.31. The standard InChI is InChI=1S/C13H9ClFN5O2/c1-22-6-2-3-9-7(4-6)10(11(16)21)19-20(9)12-8(15)5-17-13(14)18-12/h2-5H,1H3,(H2,16,21). The zero-order chi connectivity index (χ0) is 15.9. The number of carbonyl (C=O) groups is 1. The minimum absolute atomic E-state index is 0.0250. The molecular weight excluding hydrogens is 313 g/mol. The molecule has 3 rings (SSSR count). The molecule has 0 spiro atoms. The van der Waals surface area contributed by atoms with E-state index in [1.54, 1.807) is 18.2 Å². The maximum atomic E-state index is 14.0. The molecule has 0 fully saturated rings. The van der Waals surface area contributed by atoms with E-state index in [1.807, 2.05) is 0 Å². The smallest absolute Gasteiger partial charge is 0.269 e. The lowest BCUT2D eigenvalue weighted by Crippen LogP contribution is -2.13. The fourth-order valence-electron chi connectivity index (χ4n) is 2.05. The number of nitrogens with two attached hydrogens (primary N) is 1. The lowest BCUT2D eigenvalue weighted by atomic mass is 10.2. The summed E-state index contributed by atoms with van der Waals surface area (Å²) in [7, 11) is 1.49. The van der Waals surface area contributed by atoms with E-state index in [9.17, 15) is 9.18 Å². The molecule has 2 aromatic heterocycles. The zero-order valence-corrected chi connectivity index (χ0v) is 12.0. The van der Waals surface area contributed by atoms with Crippen LogP contribution in [0.3, 0.4) is 0 Å². The average Bonchev–Trinajstić information content (AvgIpc) is 2.88. The highest BCUT2D eigenvalue weighted by molar-refractivity contribution is 6.28. The van der Waals surface area contributed by atoms with Crippen molar-refractivity contribution in [2.45, 2.75) is 0 Å². The van der Waals surface area contributed by atoms with Gasteiger partial charge in [0.2, 0.25) is 5.28 Å². The number of aromatic nitrogens is 4. The molecule has 0 radical (unpaired) electrons. The minimum atomic E-state index is -0.752. The van der Waals surface area contributed by atoms with Gasteiger partial charge in [0.25, 0.3) is 5.91 Å². The summed E-state index contributed by atoms with van der Waals surface area (Å²) in [6.07, 6.45) is 0.922. The fourth-order valence-corrected chi connectivity index (χ4v) is 2.18. The number of rotatable bonds is 3. The third-order valence-corrected chi connectivity index (χ3v) is 3.20. The Balaban J connectivity index is 2.35. The summed E-state index contributed by atoms with van der Waals surface area (Å²) < 4.78 is 20.2. The Morgan fingerprint density at radius 3 is 2.91 bits per heavy atom. The number of halogens is 2. The maximum Gasteiger partial charge on any atom is 0.269 e. The van der Waals surface area contributed by atoms with Gasteiger partial charge in [-0.1, -0.05) is 0 Å². The van der Waals surface area contributed by atoms with Gasteiger partial charge in [-0.25, -0.2) is 14.1 Å². The summed E-state index contributed by atoms with van der Waals surface area (Å²) in [4.78, 5) is 18.9. The van der Waals surface area contributed by atoms with E-state index < -0.39 is 11.7 Å². The molecule has 3 aromatic rings. The molecule has 0 unspecified atom stereocenters. The van der Waals surface area contributed by atoms with Gasteiger partial charge in [-0.3, -0.25) is 4.79 Å². The Labute approximate surface area is 128 Å². The molecule has 22 heavy (non-hydrogen) atoms. The van der Waals surface area contributed by atoms with Crippen LogP contribution in [-0.2, 0) is 0 Å². The maximum absolute atomic E-state index is 14.0. The van der Waals surface area contributed by atoms with Crippen molar-refractivity contribution in [1.29, 1.82) is 0 Å². The van der Waals surface area contributed by atoms with Gasteiger partial charge in [0.15, 0.2) is 17.3 Å². The van der Waals surface area contributed by atoms with E-state index in [2.05, 4.69) is 15.1 Å². The van der Waals surface area contributed by atoms with Crippen LogP contribution < -0.4 is 10.5 Å². The Morgan fingerprint density at radius 2 is 2.23 bits per heavy atom. The highest BCUT2D eigenvalue weighted by atomic mass is 35.5. The molecule has 7 nitrogen and oxygen atoms in total. The Kier molecular flexibility index (Phi) is 3.38. The molecule has 0 bridgehead atoms. The lowest BCUT2D eigenvalue weighted by molar-refractivity contribution is 0.0996. The van der Waals surface area contributed by atoms with Gasteiger partial charge >= 0.3 is 0 Å². The summed E-state index contributed by atoms with van der Waals surface area (Å²) in [5.41, 5.74) is 5.73. The Hall–Kier alpha value is -2.74. The van der Waals surface area contributed by atoms with E-state index in [0.717, 1.165) is 10.9 Å². The molecule has 0 saturated carbocycles. The van der Waals surface area contributed by atoms with Crippen molar-refractivity contribution in [2.24, 2.45) is 5.73 Å². The van der Waals surface area contributed by atoms with Gasteiger partial charge < -0.3 is 10.5 Å². The number of methoxy groups -OCH3 is 1. The summed E-state index contributed by atoms with van der Waals surface area (Å²) in [6, 6.07) is 4.84. The van der Waals surface area contributed by atoms with Crippen molar-refractivity contribution in [1.82, 2.24) is 19.7 Å². The van der Waals surface area contributed by atoms with Gasteiger partial charge in [-0.15, -0.1) is 0 Å². The molecule has 2 N–H and O–H groups in total. The van der Waals surface area contributed by atoms with Crippen LogP contribution >= 0.6 is 11.6 Å². The number of carbonyl (C=O) groups excluding carboxylic acids is 1. The third-order valence-electron chi connectivity index (χ3n) is 3.02. The minimum Gasteiger partial charge on any atom is -0.497 e. The normalized spacial score (nSPS) is 10.9. The second-order valence-electron chi connectivity index (χ2n) is 4.32. The molecular formula is C13H9ClFN5O2. The topological polar surface area (TPSA) is 95.9 Å². The van der Waals surface area contributed by atoms with Crippen LogP contribution in [0.2, 0.25) is 5.28 Å². The first-order chi connectivity index (χ1) is 10.5. The van der Waals surface area contributed by atoms with Crippen LogP contribution in [0, 0.1) is 5.82 Å². The van der Waals surface area contributed by atoms with Crippen molar-refractivity contribution >= 4 is 28.4 Å². The fraction of sp³-hybridized carbons (Fsp3) is 0.0769. The molecule has 112 valence electrons. The van der Waals surface area contributed by atoms with Gasteiger partial charge in [0.1, 0.15) is 5.75 Å². The SMILES string of the molecule is COc1ccc2c(c1)c(C(N)=O)nn2-c1nc(Cl)ncc1F. The quantitative estimate of drug-likeness (QED) is 0.741. The number of nitrogens with zero attached hydrogens (tertiary/aromatic N) is 4. The number of amides is 1. The van der Waals surface area contributed by atoms with Crippen molar-refractivity contribution in [2.75, 3.05) is 7.11 Å². The zero-order valence-electron chi connectivity index (χ0n) is 11.2. The van der Waals surface area contributed by atoms with Crippen molar-refractivity contribution in [3.8, 4) is 11.6 Å². The number of fused-ring (bicyclic) bond motifs is 1. The molecule has 0 aliphatic heterocycles. The van der Waals surface area contributed by atoms with E-state index in [0.29, 0.717) is 16.7 Å². The van der Waals surface area contributed by atoms with Crippen LogP contribution in [0.1, 0.15) is 10.5 Å². The Bertz CT molecular complexity index is 896. The second kappa shape index (κ2) is 5.23. The van der Waals surface area contributed by atoms with Crippen LogP contribution in [0.5, 0.6) is 5.75 Å². The lowest BCUT2D eigenvalue weighted by Gasteiger charge is -2.04. The van der Waals surface area contributed by atoms with Crippen LogP contribution in [0.4, 0.5) is 4.39 Å². The molecule has 9 heteroatoms. The molecule has 1 aromatic carbocycles. The summed E-state index contributed by atoms with van der Waals surface area (Å²) in [6.45, 7) is 0. The van der Waals surface area contributed by atoms with Gasteiger partial charge in [0, 0.05) is 5.39 Å². The first-order valence-electron chi connectivity index (χ1n) is 6.06. The first-order valence-corrected chi connectivity index (χ1v) is 6.44. The summed E-state index contributed by atoms with van der Waals surface area (Å²) >= 11 is 5.69. The van der Waals surface area contributed by atoms with E-state index in [-0.39, 0.29) is 16.8 Å². The van der Waals surface area contributed by atoms with E-state index in [1.165, 1.54) is 7.11 Å². The molecule has 0 saturated heterocycles.